The normalized spacial score (nSPS) is 12.6. The number of nitrogens with one attached hydrogen (secondary N) is 1. The van der Waals surface area contributed by atoms with Crippen LogP contribution in [0.1, 0.15) is 47.0 Å². The quantitative estimate of drug-likeness (QED) is 0.666. The average Bonchev–Trinajstić information content (AvgIpc) is 2.25. The number of nitrogens with zero attached hydrogens (tertiary/aromatic N) is 1. The molecule has 1 amide bonds. The minimum atomic E-state index is -0.121. The first-order valence-corrected chi connectivity index (χ1v) is 6.27. The highest BCUT2D eigenvalue weighted by Gasteiger charge is 2.19. The summed E-state index contributed by atoms with van der Waals surface area (Å²) in [6.45, 7) is 8.88. The fourth-order valence-corrected chi connectivity index (χ4v) is 1.76. The fourth-order valence-electron chi connectivity index (χ4n) is 1.76. The summed E-state index contributed by atoms with van der Waals surface area (Å²) >= 11 is 0. The molecule has 0 spiro atoms. The maximum Gasteiger partial charge on any atom is 0.267 e. The number of carbonyl (C=O) groups excluding carboxylic acids is 1. The number of carbonyl (C=O) groups is 1. The van der Waals surface area contributed by atoms with Crippen molar-refractivity contribution in [2.45, 2.75) is 47.0 Å². The van der Waals surface area contributed by atoms with Crippen molar-refractivity contribution in [1.29, 1.82) is 5.41 Å². The molecular formula is C13H26N2O. The summed E-state index contributed by atoms with van der Waals surface area (Å²) in [6.07, 6.45) is 3.41. The van der Waals surface area contributed by atoms with E-state index in [1.807, 2.05) is 13.8 Å². The van der Waals surface area contributed by atoms with Gasteiger partial charge in [0.1, 0.15) is 0 Å². The minimum Gasteiger partial charge on any atom is -0.340 e. The van der Waals surface area contributed by atoms with Gasteiger partial charge >= 0.3 is 0 Å². The molecule has 0 saturated heterocycles. The molecule has 0 aliphatic rings. The first kappa shape index (κ1) is 15.1. The number of hydrogen-bond donors (Lipinski definition) is 1. The van der Waals surface area contributed by atoms with E-state index in [1.54, 1.807) is 11.9 Å². The molecule has 0 radical (unpaired) electrons. The molecule has 3 heteroatoms. The molecular weight excluding hydrogens is 200 g/mol. The lowest BCUT2D eigenvalue weighted by atomic mass is 9.99. The van der Waals surface area contributed by atoms with Crippen molar-refractivity contribution in [1.82, 2.24) is 4.90 Å². The lowest BCUT2D eigenvalue weighted by molar-refractivity contribution is -0.123. The Hall–Kier alpha value is -0.860. The molecule has 0 aromatic carbocycles. The van der Waals surface area contributed by atoms with Crippen LogP contribution in [0.4, 0.5) is 0 Å². The predicted octanol–water partition coefficient (Wildman–Crippen LogP) is 2.95. The van der Waals surface area contributed by atoms with Gasteiger partial charge in [-0.25, -0.2) is 0 Å². The Bertz CT molecular complexity index is 236. The Labute approximate surface area is 99.7 Å². The smallest absolute Gasteiger partial charge is 0.267 e. The summed E-state index contributed by atoms with van der Waals surface area (Å²) in [5.74, 6) is 0.463. The van der Waals surface area contributed by atoms with Gasteiger partial charge in [-0.3, -0.25) is 10.2 Å². The Kier molecular flexibility index (Phi) is 7.02. The third kappa shape index (κ3) is 4.77. The van der Waals surface area contributed by atoms with Crippen LogP contribution in [0.15, 0.2) is 0 Å². The van der Waals surface area contributed by atoms with Crippen LogP contribution in [-0.2, 0) is 4.79 Å². The van der Waals surface area contributed by atoms with Gasteiger partial charge in [0.25, 0.3) is 5.91 Å². The second-order valence-electron chi connectivity index (χ2n) is 4.82. The highest BCUT2D eigenvalue weighted by atomic mass is 16.2. The molecule has 0 aliphatic heterocycles. The summed E-state index contributed by atoms with van der Waals surface area (Å²) in [5, 5.41) is 7.69. The van der Waals surface area contributed by atoms with Gasteiger partial charge in [0.2, 0.25) is 0 Å². The topological polar surface area (TPSA) is 44.2 Å². The monoisotopic (exact) mass is 226 g/mol. The van der Waals surface area contributed by atoms with E-state index in [-0.39, 0.29) is 17.5 Å². The van der Waals surface area contributed by atoms with Gasteiger partial charge in [-0.1, -0.05) is 40.5 Å². The predicted molar refractivity (Wildman–Crippen MR) is 68.9 cm³/mol. The van der Waals surface area contributed by atoms with Gasteiger partial charge in [0, 0.05) is 19.5 Å². The van der Waals surface area contributed by atoms with E-state index in [0.29, 0.717) is 5.92 Å². The molecule has 0 fully saturated rings. The standard InChI is InChI=1S/C13H26N2O/c1-6-8-11(7-2)9-15(5)13(16)12(14)10(3)4/h10-11,14H,6-9H2,1-5H3. The Morgan fingerprint density at radius 1 is 1.31 bits per heavy atom. The summed E-state index contributed by atoms with van der Waals surface area (Å²) in [6, 6.07) is 0. The molecule has 0 heterocycles. The zero-order valence-electron chi connectivity index (χ0n) is 11.3. The van der Waals surface area contributed by atoms with E-state index in [9.17, 15) is 4.79 Å². The zero-order valence-corrected chi connectivity index (χ0v) is 11.3. The van der Waals surface area contributed by atoms with Gasteiger partial charge < -0.3 is 4.90 Å². The lowest BCUT2D eigenvalue weighted by Gasteiger charge is -2.24. The van der Waals surface area contributed by atoms with Crippen LogP contribution in [0, 0.1) is 17.2 Å². The summed E-state index contributed by atoms with van der Waals surface area (Å²) in [7, 11) is 1.80. The highest BCUT2D eigenvalue weighted by Crippen LogP contribution is 2.12. The fraction of sp³-hybridized carbons (Fsp3) is 0.846. The molecule has 0 aromatic heterocycles. The summed E-state index contributed by atoms with van der Waals surface area (Å²) < 4.78 is 0. The third-order valence-electron chi connectivity index (χ3n) is 2.96. The van der Waals surface area contributed by atoms with Crippen molar-refractivity contribution in [3.63, 3.8) is 0 Å². The van der Waals surface area contributed by atoms with E-state index >= 15 is 0 Å². The molecule has 0 aromatic rings. The molecule has 0 aliphatic carbocycles. The van der Waals surface area contributed by atoms with E-state index in [0.717, 1.165) is 25.8 Å². The van der Waals surface area contributed by atoms with Gasteiger partial charge in [0.15, 0.2) is 0 Å². The molecule has 0 saturated carbocycles. The highest BCUT2D eigenvalue weighted by molar-refractivity contribution is 6.38. The Balaban J connectivity index is 4.28. The van der Waals surface area contributed by atoms with Crippen molar-refractivity contribution >= 4 is 11.6 Å². The van der Waals surface area contributed by atoms with Crippen LogP contribution in [0.5, 0.6) is 0 Å². The Morgan fingerprint density at radius 3 is 2.25 bits per heavy atom. The molecule has 1 atom stereocenters. The summed E-state index contributed by atoms with van der Waals surface area (Å²) in [4.78, 5) is 13.5. The van der Waals surface area contributed by atoms with Crippen LogP contribution in [0.3, 0.4) is 0 Å². The maximum absolute atomic E-state index is 11.8. The molecule has 16 heavy (non-hydrogen) atoms. The second kappa shape index (κ2) is 7.42. The van der Waals surface area contributed by atoms with E-state index in [1.165, 1.54) is 0 Å². The maximum atomic E-state index is 11.8. The van der Waals surface area contributed by atoms with Gasteiger partial charge in [-0.15, -0.1) is 0 Å². The molecule has 0 bridgehead atoms. The van der Waals surface area contributed by atoms with Gasteiger partial charge in [-0.05, 0) is 12.3 Å². The van der Waals surface area contributed by atoms with Crippen LogP contribution < -0.4 is 0 Å². The number of rotatable bonds is 7. The molecule has 0 rings (SSSR count). The van der Waals surface area contributed by atoms with Crippen LogP contribution in [-0.4, -0.2) is 30.1 Å². The minimum absolute atomic E-state index is 0.0150. The van der Waals surface area contributed by atoms with Crippen molar-refractivity contribution in [3.8, 4) is 0 Å². The van der Waals surface area contributed by atoms with Crippen molar-refractivity contribution in [2.24, 2.45) is 11.8 Å². The molecule has 94 valence electrons. The number of amides is 1. The average molecular weight is 226 g/mol. The van der Waals surface area contributed by atoms with E-state index in [2.05, 4.69) is 13.8 Å². The first-order valence-electron chi connectivity index (χ1n) is 6.27. The van der Waals surface area contributed by atoms with Crippen molar-refractivity contribution < 1.29 is 4.79 Å². The molecule has 1 N–H and O–H groups in total. The third-order valence-corrected chi connectivity index (χ3v) is 2.96. The van der Waals surface area contributed by atoms with Gasteiger partial charge in [0.05, 0.1) is 5.71 Å². The molecule has 1 unspecified atom stereocenters. The van der Waals surface area contributed by atoms with E-state index in [4.69, 9.17) is 5.41 Å². The van der Waals surface area contributed by atoms with Crippen LogP contribution in [0.25, 0.3) is 0 Å². The lowest BCUT2D eigenvalue weighted by Crippen LogP contribution is -2.38. The zero-order chi connectivity index (χ0) is 12.7. The van der Waals surface area contributed by atoms with Crippen LogP contribution in [0.2, 0.25) is 0 Å². The van der Waals surface area contributed by atoms with Crippen LogP contribution >= 0.6 is 0 Å². The van der Waals surface area contributed by atoms with Gasteiger partial charge in [-0.2, -0.15) is 0 Å². The Morgan fingerprint density at radius 2 is 1.88 bits per heavy atom. The van der Waals surface area contributed by atoms with Crippen molar-refractivity contribution in [3.05, 3.63) is 0 Å². The van der Waals surface area contributed by atoms with E-state index < -0.39 is 0 Å². The largest absolute Gasteiger partial charge is 0.340 e. The van der Waals surface area contributed by atoms with Crippen molar-refractivity contribution in [2.75, 3.05) is 13.6 Å². The first-order chi connectivity index (χ1) is 7.43. The summed E-state index contributed by atoms with van der Waals surface area (Å²) in [5.41, 5.74) is 0.217. The SMILES string of the molecule is CCCC(CC)CN(C)C(=O)C(=N)C(C)C. The molecule has 3 nitrogen and oxygen atoms in total. The number of hydrogen-bond acceptors (Lipinski definition) is 2. The second-order valence-corrected chi connectivity index (χ2v) is 4.82.